The molecule has 0 aliphatic rings. The summed E-state index contributed by atoms with van der Waals surface area (Å²) in [7, 11) is 0. The van der Waals surface area contributed by atoms with Crippen LogP contribution >= 0.6 is 11.6 Å². The molecular weight excluding hydrogens is 420 g/mol. The van der Waals surface area contributed by atoms with Crippen molar-refractivity contribution in [1.29, 1.82) is 5.26 Å². The van der Waals surface area contributed by atoms with Crippen LogP contribution in [-0.2, 0) is 11.4 Å². The summed E-state index contributed by atoms with van der Waals surface area (Å²) in [6, 6.07) is 30.2. The number of fused-ring (bicyclic) bond motifs is 1. The summed E-state index contributed by atoms with van der Waals surface area (Å²) in [5, 5.41) is 14.9. The third kappa shape index (κ3) is 4.97. The second-order valence-corrected chi connectivity index (χ2v) is 7.54. The van der Waals surface area contributed by atoms with E-state index in [1.807, 2.05) is 72.8 Å². The zero-order chi connectivity index (χ0) is 22.3. The van der Waals surface area contributed by atoms with Crippen LogP contribution in [0, 0.1) is 11.3 Å². The van der Waals surface area contributed by atoms with E-state index in [1.165, 1.54) is 0 Å². The molecule has 0 fully saturated rings. The van der Waals surface area contributed by atoms with E-state index in [1.54, 1.807) is 30.3 Å². The van der Waals surface area contributed by atoms with Crippen LogP contribution in [0.25, 0.3) is 16.8 Å². The lowest BCUT2D eigenvalue weighted by atomic mass is 10.0. The van der Waals surface area contributed by atoms with Crippen molar-refractivity contribution in [3.8, 4) is 11.8 Å². The summed E-state index contributed by atoms with van der Waals surface area (Å²) in [6.07, 6.45) is 1.58. The number of carbonyl (C=O) groups excluding carboxylic acids is 1. The Morgan fingerprint density at radius 1 is 0.938 bits per heavy atom. The number of hydrogen-bond donors (Lipinski definition) is 1. The number of carbonyl (C=O) groups is 1. The van der Waals surface area contributed by atoms with E-state index in [0.717, 1.165) is 16.3 Å². The number of anilines is 1. The summed E-state index contributed by atoms with van der Waals surface area (Å²) in [4.78, 5) is 12.8. The van der Waals surface area contributed by atoms with Crippen LogP contribution in [0.5, 0.6) is 5.75 Å². The molecule has 5 heteroatoms. The van der Waals surface area contributed by atoms with Gasteiger partial charge in [0.05, 0.1) is 0 Å². The lowest BCUT2D eigenvalue weighted by molar-refractivity contribution is -0.112. The van der Waals surface area contributed by atoms with Crippen LogP contribution in [0.3, 0.4) is 0 Å². The Balaban J connectivity index is 1.69. The van der Waals surface area contributed by atoms with E-state index in [2.05, 4.69) is 5.32 Å². The monoisotopic (exact) mass is 438 g/mol. The standard InChI is InChI=1S/C27H19ClN2O2/c28-22-11-13-23(14-12-22)30-27(31)21(17-29)16-25-24-9-5-4-8-20(24)10-15-26(25)32-18-19-6-2-1-3-7-19/h1-16H,18H2,(H,30,31)/b21-16-. The zero-order valence-electron chi connectivity index (χ0n) is 17.1. The first-order valence-corrected chi connectivity index (χ1v) is 10.4. The van der Waals surface area contributed by atoms with Gasteiger partial charge in [0, 0.05) is 16.3 Å². The molecule has 4 rings (SSSR count). The fourth-order valence-electron chi connectivity index (χ4n) is 3.31. The molecule has 0 aliphatic heterocycles. The first-order chi connectivity index (χ1) is 15.6. The molecule has 4 nitrogen and oxygen atoms in total. The van der Waals surface area contributed by atoms with Crippen LogP contribution in [0.1, 0.15) is 11.1 Å². The Morgan fingerprint density at radius 3 is 2.41 bits per heavy atom. The maximum Gasteiger partial charge on any atom is 0.266 e. The van der Waals surface area contributed by atoms with Gasteiger partial charge < -0.3 is 10.1 Å². The minimum Gasteiger partial charge on any atom is -0.488 e. The van der Waals surface area contributed by atoms with Gasteiger partial charge in [-0.1, -0.05) is 72.3 Å². The Hall–Kier alpha value is -4.07. The Bertz CT molecular complexity index is 1320. The van der Waals surface area contributed by atoms with Gasteiger partial charge in [0.25, 0.3) is 5.91 Å². The molecule has 32 heavy (non-hydrogen) atoms. The quantitative estimate of drug-likeness (QED) is 0.272. The van der Waals surface area contributed by atoms with Gasteiger partial charge in [0.1, 0.15) is 24.0 Å². The number of halogens is 1. The van der Waals surface area contributed by atoms with Crippen molar-refractivity contribution in [3.63, 3.8) is 0 Å². The number of rotatable bonds is 6. The van der Waals surface area contributed by atoms with E-state index in [0.29, 0.717) is 28.6 Å². The van der Waals surface area contributed by atoms with Gasteiger partial charge in [-0.2, -0.15) is 5.26 Å². The number of ether oxygens (including phenoxy) is 1. The van der Waals surface area contributed by atoms with Crippen molar-refractivity contribution in [2.24, 2.45) is 0 Å². The number of nitriles is 1. The predicted molar refractivity (Wildman–Crippen MR) is 128 cm³/mol. The number of nitrogens with zero attached hydrogens (tertiary/aromatic N) is 1. The van der Waals surface area contributed by atoms with Gasteiger partial charge >= 0.3 is 0 Å². The Kier molecular flexibility index (Phi) is 6.50. The van der Waals surface area contributed by atoms with Crippen LogP contribution < -0.4 is 10.1 Å². The largest absolute Gasteiger partial charge is 0.488 e. The molecule has 156 valence electrons. The average Bonchev–Trinajstić information content (AvgIpc) is 2.83. The van der Waals surface area contributed by atoms with Crippen molar-refractivity contribution in [2.45, 2.75) is 6.61 Å². The topological polar surface area (TPSA) is 62.1 Å². The Labute approximate surface area is 191 Å². The second-order valence-electron chi connectivity index (χ2n) is 7.10. The first kappa shape index (κ1) is 21.2. The third-order valence-electron chi connectivity index (χ3n) is 4.92. The first-order valence-electron chi connectivity index (χ1n) is 10.0. The molecule has 0 unspecified atom stereocenters. The summed E-state index contributed by atoms with van der Waals surface area (Å²) in [6.45, 7) is 0.374. The highest BCUT2D eigenvalue weighted by atomic mass is 35.5. The molecule has 0 saturated carbocycles. The van der Waals surface area contributed by atoms with Crippen molar-refractivity contribution >= 4 is 40.0 Å². The smallest absolute Gasteiger partial charge is 0.266 e. The molecule has 0 radical (unpaired) electrons. The molecule has 0 atom stereocenters. The maximum atomic E-state index is 12.8. The molecule has 0 aromatic heterocycles. The Morgan fingerprint density at radius 2 is 1.66 bits per heavy atom. The molecule has 4 aromatic carbocycles. The fourth-order valence-corrected chi connectivity index (χ4v) is 3.44. The highest BCUT2D eigenvalue weighted by Crippen LogP contribution is 2.31. The summed E-state index contributed by atoms with van der Waals surface area (Å²) in [5.74, 6) is 0.0939. The number of hydrogen-bond acceptors (Lipinski definition) is 3. The van der Waals surface area contributed by atoms with E-state index in [-0.39, 0.29) is 5.57 Å². The minimum absolute atomic E-state index is 0.0270. The van der Waals surface area contributed by atoms with Gasteiger partial charge in [-0.25, -0.2) is 0 Å². The average molecular weight is 439 g/mol. The van der Waals surface area contributed by atoms with Crippen LogP contribution in [0.15, 0.2) is 96.6 Å². The molecule has 0 aliphatic carbocycles. The normalized spacial score (nSPS) is 11.1. The summed E-state index contributed by atoms with van der Waals surface area (Å²) < 4.78 is 6.09. The number of nitrogens with one attached hydrogen (secondary N) is 1. The SMILES string of the molecule is N#C/C(=C/c1c(OCc2ccccc2)ccc2ccccc12)C(=O)Nc1ccc(Cl)cc1. The lowest BCUT2D eigenvalue weighted by Crippen LogP contribution is -2.13. The molecule has 0 heterocycles. The predicted octanol–water partition coefficient (Wildman–Crippen LogP) is 6.62. The summed E-state index contributed by atoms with van der Waals surface area (Å²) >= 11 is 5.90. The highest BCUT2D eigenvalue weighted by molar-refractivity contribution is 6.30. The van der Waals surface area contributed by atoms with Gasteiger partial charge in [-0.15, -0.1) is 0 Å². The van der Waals surface area contributed by atoms with E-state index in [9.17, 15) is 10.1 Å². The van der Waals surface area contributed by atoms with Crippen LogP contribution in [-0.4, -0.2) is 5.91 Å². The molecule has 4 aromatic rings. The van der Waals surface area contributed by atoms with Crippen molar-refractivity contribution < 1.29 is 9.53 Å². The van der Waals surface area contributed by atoms with Gasteiger partial charge in [-0.3, -0.25) is 4.79 Å². The van der Waals surface area contributed by atoms with Gasteiger partial charge in [0.15, 0.2) is 0 Å². The van der Waals surface area contributed by atoms with Crippen molar-refractivity contribution in [3.05, 3.63) is 113 Å². The van der Waals surface area contributed by atoms with E-state index >= 15 is 0 Å². The minimum atomic E-state index is -0.503. The van der Waals surface area contributed by atoms with Crippen LogP contribution in [0.4, 0.5) is 5.69 Å². The molecule has 0 saturated heterocycles. The van der Waals surface area contributed by atoms with Crippen LogP contribution in [0.2, 0.25) is 5.02 Å². The zero-order valence-corrected chi connectivity index (χ0v) is 17.8. The van der Waals surface area contributed by atoms with Crippen molar-refractivity contribution in [1.82, 2.24) is 0 Å². The maximum absolute atomic E-state index is 12.8. The number of amides is 1. The van der Waals surface area contributed by atoms with E-state index < -0.39 is 5.91 Å². The number of benzene rings is 4. The summed E-state index contributed by atoms with van der Waals surface area (Å²) in [5.41, 5.74) is 2.23. The fraction of sp³-hybridized carbons (Fsp3) is 0.0370. The highest BCUT2D eigenvalue weighted by Gasteiger charge is 2.14. The molecular formula is C27H19ClN2O2. The van der Waals surface area contributed by atoms with Gasteiger partial charge in [-0.05, 0) is 52.7 Å². The molecule has 1 N–H and O–H groups in total. The van der Waals surface area contributed by atoms with Crippen molar-refractivity contribution in [2.75, 3.05) is 5.32 Å². The van der Waals surface area contributed by atoms with E-state index in [4.69, 9.17) is 16.3 Å². The molecule has 0 spiro atoms. The third-order valence-corrected chi connectivity index (χ3v) is 5.18. The van der Waals surface area contributed by atoms with Gasteiger partial charge in [0.2, 0.25) is 0 Å². The second kappa shape index (κ2) is 9.82. The molecule has 1 amide bonds. The lowest BCUT2D eigenvalue weighted by Gasteiger charge is -2.13. The molecule has 0 bridgehead atoms.